The van der Waals surface area contributed by atoms with Crippen LogP contribution in [0, 0.1) is 5.82 Å². The van der Waals surface area contributed by atoms with Crippen LogP contribution in [0.4, 0.5) is 4.39 Å². The summed E-state index contributed by atoms with van der Waals surface area (Å²) < 4.78 is 12.6. The predicted molar refractivity (Wildman–Crippen MR) is 56.5 cm³/mol. The van der Waals surface area contributed by atoms with Crippen molar-refractivity contribution in [1.82, 2.24) is 0 Å². The molecular formula is C11H11FN2. The lowest BCUT2D eigenvalue weighted by molar-refractivity contribution is 0.628. The highest BCUT2D eigenvalue weighted by Gasteiger charge is 1.98. The van der Waals surface area contributed by atoms with Crippen LogP contribution in [0.3, 0.4) is 0 Å². The van der Waals surface area contributed by atoms with Crippen LogP contribution in [0.5, 0.6) is 0 Å². The summed E-state index contributed by atoms with van der Waals surface area (Å²) >= 11 is 0. The van der Waals surface area contributed by atoms with E-state index >= 15 is 0 Å². The van der Waals surface area contributed by atoms with Gasteiger partial charge in [0.05, 0.1) is 5.70 Å². The van der Waals surface area contributed by atoms with E-state index in [0.717, 1.165) is 0 Å². The van der Waals surface area contributed by atoms with E-state index in [4.69, 9.17) is 5.73 Å². The molecule has 2 N–H and O–H groups in total. The summed E-state index contributed by atoms with van der Waals surface area (Å²) in [6, 6.07) is 5.78. The Morgan fingerprint density at radius 1 is 1.36 bits per heavy atom. The third-order valence-electron chi connectivity index (χ3n) is 1.64. The molecule has 1 aromatic rings. The first kappa shape index (κ1) is 10.2. The van der Waals surface area contributed by atoms with Gasteiger partial charge in [-0.3, -0.25) is 0 Å². The molecule has 0 aliphatic heterocycles. The number of aliphatic imine (C=N–C) groups is 1. The second-order valence-corrected chi connectivity index (χ2v) is 2.70. The van der Waals surface area contributed by atoms with E-state index in [2.05, 4.69) is 18.2 Å². The van der Waals surface area contributed by atoms with Crippen molar-refractivity contribution in [3.8, 4) is 0 Å². The van der Waals surface area contributed by atoms with Crippen molar-refractivity contribution in [3.63, 3.8) is 0 Å². The lowest BCUT2D eigenvalue weighted by atomic mass is 10.2. The molecule has 0 atom stereocenters. The largest absolute Gasteiger partial charge is 0.383 e. The van der Waals surface area contributed by atoms with Gasteiger partial charge in [-0.05, 0) is 30.3 Å². The molecule has 0 heterocycles. The highest BCUT2D eigenvalue weighted by molar-refractivity contribution is 5.98. The summed E-state index contributed by atoms with van der Waals surface area (Å²) in [6.45, 7) is 7.10. The van der Waals surface area contributed by atoms with E-state index in [1.54, 1.807) is 12.1 Å². The molecule has 0 saturated carbocycles. The Labute approximate surface area is 82.3 Å². The number of nitrogens with zero attached hydrogens (tertiary/aromatic N) is 1. The summed E-state index contributed by atoms with van der Waals surface area (Å²) in [7, 11) is 0. The van der Waals surface area contributed by atoms with Crippen molar-refractivity contribution in [3.05, 3.63) is 60.6 Å². The van der Waals surface area contributed by atoms with Gasteiger partial charge < -0.3 is 5.73 Å². The summed E-state index contributed by atoms with van der Waals surface area (Å²) in [5.74, 6) is -0.000928. The van der Waals surface area contributed by atoms with Crippen LogP contribution in [-0.2, 0) is 0 Å². The van der Waals surface area contributed by atoms with E-state index in [0.29, 0.717) is 17.1 Å². The van der Waals surface area contributed by atoms with Crippen LogP contribution in [0.2, 0.25) is 0 Å². The molecule has 0 saturated heterocycles. The first-order chi connectivity index (χ1) is 6.63. The Morgan fingerprint density at radius 3 is 2.43 bits per heavy atom. The molecule has 2 nitrogen and oxygen atoms in total. The Morgan fingerprint density at radius 2 is 1.93 bits per heavy atom. The number of benzene rings is 1. The molecule has 72 valence electrons. The molecule has 0 fully saturated rings. The van der Waals surface area contributed by atoms with Crippen LogP contribution in [0.25, 0.3) is 0 Å². The van der Waals surface area contributed by atoms with Gasteiger partial charge in [-0.1, -0.05) is 13.2 Å². The molecule has 0 radical (unpaired) electrons. The molecule has 1 rings (SSSR count). The summed E-state index contributed by atoms with van der Waals surface area (Å²) in [5.41, 5.74) is 6.78. The summed E-state index contributed by atoms with van der Waals surface area (Å²) in [6.07, 6.45) is 1.50. The molecule has 0 aliphatic carbocycles. The van der Waals surface area contributed by atoms with Crippen molar-refractivity contribution in [1.29, 1.82) is 0 Å². The predicted octanol–water partition coefficient (Wildman–Crippen LogP) is 2.23. The van der Waals surface area contributed by atoms with Gasteiger partial charge in [-0.2, -0.15) is 0 Å². The van der Waals surface area contributed by atoms with Crippen LogP contribution >= 0.6 is 0 Å². The Hall–Kier alpha value is -1.90. The SMILES string of the molecule is C=CC(=C)N=C(N)c1ccc(F)cc1. The quantitative estimate of drug-likeness (QED) is 0.443. The molecule has 0 bridgehead atoms. The Balaban J connectivity index is 2.94. The van der Waals surface area contributed by atoms with Crippen molar-refractivity contribution in [2.45, 2.75) is 0 Å². The normalized spacial score (nSPS) is 11.1. The Kier molecular flexibility index (Phi) is 3.18. The smallest absolute Gasteiger partial charge is 0.131 e. The van der Waals surface area contributed by atoms with Gasteiger partial charge in [0.1, 0.15) is 11.7 Å². The van der Waals surface area contributed by atoms with Crippen LogP contribution in [-0.4, -0.2) is 5.84 Å². The fourth-order valence-electron chi connectivity index (χ4n) is 0.886. The fourth-order valence-corrected chi connectivity index (χ4v) is 0.886. The van der Waals surface area contributed by atoms with Gasteiger partial charge in [-0.15, -0.1) is 0 Å². The average Bonchev–Trinajstić information content (AvgIpc) is 2.18. The van der Waals surface area contributed by atoms with E-state index in [1.165, 1.54) is 18.2 Å². The van der Waals surface area contributed by atoms with Crippen molar-refractivity contribution < 1.29 is 4.39 Å². The summed E-state index contributed by atoms with van der Waals surface area (Å²) in [4.78, 5) is 3.95. The molecule has 0 aromatic heterocycles. The molecular weight excluding hydrogens is 179 g/mol. The standard InChI is InChI=1S/C11H11FN2/c1-3-8(2)14-11(13)9-4-6-10(12)7-5-9/h3-7H,1-2H2,(H2,13,14). The van der Waals surface area contributed by atoms with Gasteiger partial charge in [0, 0.05) is 5.56 Å². The van der Waals surface area contributed by atoms with Crippen molar-refractivity contribution in [2.24, 2.45) is 10.7 Å². The van der Waals surface area contributed by atoms with E-state index < -0.39 is 0 Å². The maximum Gasteiger partial charge on any atom is 0.131 e. The van der Waals surface area contributed by atoms with E-state index in [-0.39, 0.29) is 5.82 Å². The number of allylic oxidation sites excluding steroid dienone is 1. The fraction of sp³-hybridized carbons (Fsp3) is 0. The number of rotatable bonds is 3. The maximum atomic E-state index is 12.6. The number of amidine groups is 1. The second-order valence-electron chi connectivity index (χ2n) is 2.70. The van der Waals surface area contributed by atoms with E-state index in [1.807, 2.05) is 0 Å². The van der Waals surface area contributed by atoms with Gasteiger partial charge in [-0.25, -0.2) is 9.38 Å². The minimum atomic E-state index is -0.302. The van der Waals surface area contributed by atoms with Gasteiger partial charge in [0.25, 0.3) is 0 Å². The highest BCUT2D eigenvalue weighted by Crippen LogP contribution is 2.04. The molecule has 14 heavy (non-hydrogen) atoms. The first-order valence-corrected chi connectivity index (χ1v) is 4.05. The number of hydrogen-bond donors (Lipinski definition) is 1. The lowest BCUT2D eigenvalue weighted by Crippen LogP contribution is -2.13. The topological polar surface area (TPSA) is 38.4 Å². The first-order valence-electron chi connectivity index (χ1n) is 4.05. The number of hydrogen-bond acceptors (Lipinski definition) is 1. The number of nitrogens with two attached hydrogens (primary N) is 1. The average molecular weight is 190 g/mol. The zero-order valence-corrected chi connectivity index (χ0v) is 7.70. The zero-order valence-electron chi connectivity index (χ0n) is 7.70. The number of halogens is 1. The minimum absolute atomic E-state index is 0.301. The van der Waals surface area contributed by atoms with Crippen LogP contribution in [0.1, 0.15) is 5.56 Å². The lowest BCUT2D eigenvalue weighted by Gasteiger charge is -2.00. The molecule has 0 unspecified atom stereocenters. The van der Waals surface area contributed by atoms with Crippen LogP contribution in [0.15, 0.2) is 54.2 Å². The monoisotopic (exact) mass is 190 g/mol. The molecule has 0 spiro atoms. The highest BCUT2D eigenvalue weighted by atomic mass is 19.1. The Bertz CT molecular complexity index is 377. The van der Waals surface area contributed by atoms with E-state index in [9.17, 15) is 4.39 Å². The molecule has 0 amide bonds. The van der Waals surface area contributed by atoms with Gasteiger partial charge in [0.2, 0.25) is 0 Å². The molecule has 0 aliphatic rings. The molecule has 3 heteroatoms. The van der Waals surface area contributed by atoms with Gasteiger partial charge in [0.15, 0.2) is 0 Å². The van der Waals surface area contributed by atoms with Crippen molar-refractivity contribution >= 4 is 5.84 Å². The third-order valence-corrected chi connectivity index (χ3v) is 1.64. The van der Waals surface area contributed by atoms with Gasteiger partial charge >= 0.3 is 0 Å². The third kappa shape index (κ3) is 2.55. The molecule has 1 aromatic carbocycles. The van der Waals surface area contributed by atoms with Crippen molar-refractivity contribution in [2.75, 3.05) is 0 Å². The second kappa shape index (κ2) is 4.37. The van der Waals surface area contributed by atoms with Crippen LogP contribution < -0.4 is 5.73 Å². The zero-order chi connectivity index (χ0) is 10.6. The maximum absolute atomic E-state index is 12.6. The summed E-state index contributed by atoms with van der Waals surface area (Å²) in [5, 5.41) is 0. The minimum Gasteiger partial charge on any atom is -0.383 e.